The van der Waals surface area contributed by atoms with Crippen LogP contribution in [-0.4, -0.2) is 59.2 Å². The molecule has 2 aliphatic heterocycles. The topological polar surface area (TPSA) is 69.7 Å². The Hall–Kier alpha value is -2.37. The molecule has 6 nitrogen and oxygen atoms in total. The lowest BCUT2D eigenvalue weighted by molar-refractivity contribution is -0.151. The summed E-state index contributed by atoms with van der Waals surface area (Å²) in [6, 6.07) is 6.47. The molecule has 0 bridgehead atoms. The lowest BCUT2D eigenvalue weighted by Crippen LogP contribution is -2.69. The van der Waals surface area contributed by atoms with Crippen molar-refractivity contribution in [2.45, 2.75) is 32.4 Å². The van der Waals surface area contributed by atoms with Gasteiger partial charge in [0.1, 0.15) is 12.1 Å². The van der Waals surface area contributed by atoms with Crippen molar-refractivity contribution in [1.29, 1.82) is 0 Å². The monoisotopic (exact) mass is 315 g/mol. The summed E-state index contributed by atoms with van der Waals surface area (Å²) in [6.07, 6.45) is 0.926. The summed E-state index contributed by atoms with van der Waals surface area (Å²) in [5.74, 6) is -0.351. The fraction of sp³-hybridized carbons (Fsp3) is 0.471. The number of hydrogen-bond donors (Lipinski definition) is 1. The first-order valence-corrected chi connectivity index (χ1v) is 8.00. The van der Waals surface area contributed by atoms with E-state index >= 15 is 0 Å². The lowest BCUT2D eigenvalue weighted by Gasteiger charge is -2.44. The van der Waals surface area contributed by atoms with Crippen LogP contribution < -0.4 is 5.32 Å². The third kappa shape index (κ3) is 2.81. The van der Waals surface area contributed by atoms with Crippen LogP contribution in [0.25, 0.3) is 0 Å². The van der Waals surface area contributed by atoms with Gasteiger partial charge >= 0.3 is 0 Å². The normalized spacial score (nSPS) is 24.3. The Kier molecular flexibility index (Phi) is 4.07. The molecule has 2 saturated heterocycles. The fourth-order valence-electron chi connectivity index (χ4n) is 3.14. The molecule has 2 atom stereocenters. The second-order valence-corrected chi connectivity index (χ2v) is 6.08. The van der Waals surface area contributed by atoms with E-state index in [0.717, 1.165) is 6.42 Å². The van der Waals surface area contributed by atoms with Crippen molar-refractivity contribution >= 4 is 17.7 Å². The van der Waals surface area contributed by atoms with Gasteiger partial charge in [-0.25, -0.2) is 0 Å². The van der Waals surface area contributed by atoms with E-state index in [9.17, 15) is 14.4 Å². The predicted octanol–water partition coefficient (Wildman–Crippen LogP) is 0.420. The molecule has 0 spiro atoms. The van der Waals surface area contributed by atoms with Gasteiger partial charge in [0.15, 0.2) is 0 Å². The second kappa shape index (κ2) is 6.02. The van der Waals surface area contributed by atoms with E-state index in [1.165, 1.54) is 5.56 Å². The van der Waals surface area contributed by atoms with Crippen LogP contribution >= 0.6 is 0 Å². The zero-order valence-corrected chi connectivity index (χ0v) is 13.4. The molecule has 0 saturated carbocycles. The molecule has 3 rings (SSSR count). The van der Waals surface area contributed by atoms with Crippen molar-refractivity contribution in [3.63, 3.8) is 0 Å². The molecular weight excluding hydrogens is 294 g/mol. The van der Waals surface area contributed by atoms with Gasteiger partial charge in [-0.2, -0.15) is 0 Å². The first-order chi connectivity index (χ1) is 11.0. The number of amides is 3. The van der Waals surface area contributed by atoms with Crippen LogP contribution in [0.4, 0.5) is 0 Å². The largest absolute Gasteiger partial charge is 0.343 e. The fourth-order valence-corrected chi connectivity index (χ4v) is 3.14. The molecule has 2 aliphatic rings. The summed E-state index contributed by atoms with van der Waals surface area (Å²) in [5.41, 5.74) is 1.80. The highest BCUT2D eigenvalue weighted by Gasteiger charge is 2.42. The van der Waals surface area contributed by atoms with E-state index < -0.39 is 12.1 Å². The smallest absolute Gasteiger partial charge is 0.253 e. The molecule has 0 unspecified atom stereocenters. The number of rotatable bonds is 2. The van der Waals surface area contributed by atoms with E-state index in [0.29, 0.717) is 18.7 Å². The molecule has 0 aliphatic carbocycles. The lowest BCUT2D eigenvalue weighted by atomic mass is 10.0. The van der Waals surface area contributed by atoms with Crippen LogP contribution in [-0.2, 0) is 16.0 Å². The van der Waals surface area contributed by atoms with Crippen LogP contribution in [0.1, 0.15) is 29.8 Å². The van der Waals surface area contributed by atoms with E-state index in [1.807, 2.05) is 24.3 Å². The van der Waals surface area contributed by atoms with Crippen molar-refractivity contribution in [3.8, 4) is 0 Å². The number of benzene rings is 1. The predicted molar refractivity (Wildman–Crippen MR) is 84.8 cm³/mol. The quantitative estimate of drug-likeness (QED) is 0.860. The highest BCUT2D eigenvalue weighted by molar-refractivity contribution is 5.99. The zero-order chi connectivity index (χ0) is 16.6. The number of fused-ring (bicyclic) bond motifs is 1. The SMILES string of the molecule is CCc1ccc(C(=O)N2CCN3C(=O)[C@@H](C)NC(=O)[C@H]3C2)cc1. The number of nitrogens with one attached hydrogen (secondary N) is 1. The second-order valence-electron chi connectivity index (χ2n) is 6.08. The van der Waals surface area contributed by atoms with Crippen molar-refractivity contribution in [2.24, 2.45) is 0 Å². The van der Waals surface area contributed by atoms with Crippen LogP contribution in [0, 0.1) is 0 Å². The van der Waals surface area contributed by atoms with Gasteiger partial charge in [0.25, 0.3) is 5.91 Å². The number of piperazine rings is 2. The van der Waals surface area contributed by atoms with Crippen molar-refractivity contribution in [1.82, 2.24) is 15.1 Å². The Labute approximate surface area is 135 Å². The molecule has 2 fully saturated rings. The van der Waals surface area contributed by atoms with E-state index in [1.54, 1.807) is 16.7 Å². The zero-order valence-electron chi connectivity index (χ0n) is 13.4. The highest BCUT2D eigenvalue weighted by atomic mass is 16.2. The Balaban J connectivity index is 1.74. The Morgan fingerprint density at radius 1 is 1.22 bits per heavy atom. The van der Waals surface area contributed by atoms with Crippen LogP contribution in [0.15, 0.2) is 24.3 Å². The third-order valence-corrected chi connectivity index (χ3v) is 4.59. The van der Waals surface area contributed by atoms with Gasteiger partial charge in [-0.05, 0) is 31.0 Å². The minimum absolute atomic E-state index is 0.0750. The molecule has 2 heterocycles. The van der Waals surface area contributed by atoms with Crippen LogP contribution in [0.5, 0.6) is 0 Å². The summed E-state index contributed by atoms with van der Waals surface area (Å²) in [6.45, 7) is 4.86. The molecule has 3 amide bonds. The number of hydrogen-bond acceptors (Lipinski definition) is 3. The average Bonchev–Trinajstić information content (AvgIpc) is 2.59. The number of aryl methyl sites for hydroxylation is 1. The molecule has 1 aromatic rings. The summed E-state index contributed by atoms with van der Waals surface area (Å²) in [5, 5.41) is 2.67. The first-order valence-electron chi connectivity index (χ1n) is 8.00. The maximum absolute atomic E-state index is 12.6. The van der Waals surface area contributed by atoms with Gasteiger partial charge < -0.3 is 15.1 Å². The highest BCUT2D eigenvalue weighted by Crippen LogP contribution is 2.18. The number of carbonyl (C=O) groups excluding carboxylic acids is 3. The van der Waals surface area contributed by atoms with Crippen molar-refractivity contribution in [2.75, 3.05) is 19.6 Å². The molecular formula is C17H21N3O3. The molecule has 23 heavy (non-hydrogen) atoms. The van der Waals surface area contributed by atoms with Gasteiger partial charge in [-0.3, -0.25) is 14.4 Å². The average molecular weight is 315 g/mol. The molecule has 0 aromatic heterocycles. The van der Waals surface area contributed by atoms with Gasteiger partial charge in [0.2, 0.25) is 11.8 Å². The van der Waals surface area contributed by atoms with Gasteiger partial charge in [-0.15, -0.1) is 0 Å². The van der Waals surface area contributed by atoms with E-state index in [-0.39, 0.29) is 24.3 Å². The Bertz CT molecular complexity index is 641. The molecule has 1 aromatic carbocycles. The Morgan fingerprint density at radius 2 is 1.91 bits per heavy atom. The molecule has 0 radical (unpaired) electrons. The summed E-state index contributed by atoms with van der Waals surface area (Å²) in [4.78, 5) is 40.1. The molecule has 1 N–H and O–H groups in total. The third-order valence-electron chi connectivity index (χ3n) is 4.59. The first kappa shape index (κ1) is 15.5. The summed E-state index contributed by atoms with van der Waals surface area (Å²) >= 11 is 0. The number of carbonyl (C=O) groups is 3. The maximum atomic E-state index is 12.6. The van der Waals surface area contributed by atoms with Gasteiger partial charge in [0.05, 0.1) is 6.54 Å². The molecule has 122 valence electrons. The Morgan fingerprint density at radius 3 is 2.57 bits per heavy atom. The standard InChI is InChI=1S/C17H21N3O3/c1-3-12-4-6-13(7-5-12)17(23)19-8-9-20-14(10-19)15(21)18-11(2)16(20)22/h4-7,11,14H,3,8-10H2,1-2H3,(H,18,21)/t11-,14-/m1/s1. The van der Waals surface area contributed by atoms with E-state index in [2.05, 4.69) is 12.2 Å². The van der Waals surface area contributed by atoms with E-state index in [4.69, 9.17) is 0 Å². The summed E-state index contributed by atoms with van der Waals surface area (Å²) in [7, 11) is 0. The minimum Gasteiger partial charge on any atom is -0.343 e. The van der Waals surface area contributed by atoms with Crippen LogP contribution in [0.2, 0.25) is 0 Å². The van der Waals surface area contributed by atoms with Crippen molar-refractivity contribution < 1.29 is 14.4 Å². The maximum Gasteiger partial charge on any atom is 0.253 e. The minimum atomic E-state index is -0.577. The van der Waals surface area contributed by atoms with Crippen LogP contribution in [0.3, 0.4) is 0 Å². The van der Waals surface area contributed by atoms with Gasteiger partial charge in [0, 0.05) is 18.7 Å². The van der Waals surface area contributed by atoms with Crippen molar-refractivity contribution in [3.05, 3.63) is 35.4 Å². The molecule has 6 heteroatoms. The number of nitrogens with zero attached hydrogens (tertiary/aromatic N) is 2. The summed E-state index contributed by atoms with van der Waals surface area (Å²) < 4.78 is 0. The van der Waals surface area contributed by atoms with Gasteiger partial charge in [-0.1, -0.05) is 19.1 Å².